The third-order valence-electron chi connectivity index (χ3n) is 5.51. The number of hydrazone groups is 1. The normalized spacial score (nSPS) is 13.8. The van der Waals surface area contributed by atoms with Crippen molar-refractivity contribution in [3.05, 3.63) is 95.5 Å². The number of benzene rings is 2. The molecule has 1 aliphatic rings. The molecule has 0 saturated carbocycles. The number of aliphatic imine (C=N–C) groups is 1. The first-order valence-electron chi connectivity index (χ1n) is 11.5. The quantitative estimate of drug-likeness (QED) is 0.282. The third kappa shape index (κ3) is 5.90. The largest absolute Gasteiger partial charge is 0.385 e. The molecule has 1 N–H and O–H groups in total. The number of rotatable bonds is 9. The minimum absolute atomic E-state index is 0.0965. The lowest BCUT2D eigenvalue weighted by Gasteiger charge is -2.18. The first kappa shape index (κ1) is 24.1. The molecule has 0 unspecified atom stereocenters. The van der Waals surface area contributed by atoms with Crippen LogP contribution in [0.2, 0.25) is 0 Å². The van der Waals surface area contributed by atoms with Crippen LogP contribution in [0.4, 0.5) is 14.5 Å². The molecule has 8 heteroatoms. The average molecular weight is 476 g/mol. The highest BCUT2D eigenvalue weighted by atomic mass is 19.2. The standard InChI is InChI=1S/C27H27F2N5O/c1-4-5-13-30-21-11-9-20(10-12-21)25-14-22(35-33-25)16-34-17-26(18(2)15-31-34)32-19(3)23-7-6-8-24(28)27(23)29/h6-12,14-15,17,30H,2,4-5,13,16H2,1,3H3. The first-order chi connectivity index (χ1) is 16.9. The van der Waals surface area contributed by atoms with Gasteiger partial charge in [0, 0.05) is 40.7 Å². The molecule has 180 valence electrons. The van der Waals surface area contributed by atoms with Crippen LogP contribution in [0.1, 0.15) is 38.0 Å². The van der Waals surface area contributed by atoms with E-state index in [2.05, 4.69) is 34.1 Å². The number of hydrogen-bond acceptors (Lipinski definition) is 6. The molecule has 2 heterocycles. The van der Waals surface area contributed by atoms with E-state index < -0.39 is 11.6 Å². The van der Waals surface area contributed by atoms with Crippen molar-refractivity contribution in [2.75, 3.05) is 11.9 Å². The van der Waals surface area contributed by atoms with Crippen LogP contribution in [-0.4, -0.2) is 28.6 Å². The summed E-state index contributed by atoms with van der Waals surface area (Å²) in [6, 6.07) is 13.9. The predicted molar refractivity (Wildman–Crippen MR) is 135 cm³/mol. The van der Waals surface area contributed by atoms with Crippen LogP contribution < -0.4 is 5.32 Å². The fourth-order valence-electron chi connectivity index (χ4n) is 3.53. The van der Waals surface area contributed by atoms with E-state index in [0.29, 0.717) is 29.3 Å². The Morgan fingerprint density at radius 3 is 2.74 bits per heavy atom. The molecule has 0 aliphatic carbocycles. The van der Waals surface area contributed by atoms with Gasteiger partial charge < -0.3 is 9.84 Å². The summed E-state index contributed by atoms with van der Waals surface area (Å²) in [5.41, 5.74) is 4.23. The number of aromatic nitrogens is 1. The molecule has 1 aromatic heterocycles. The van der Waals surface area contributed by atoms with Gasteiger partial charge in [-0.25, -0.2) is 8.78 Å². The van der Waals surface area contributed by atoms with Gasteiger partial charge in [0.2, 0.25) is 0 Å². The Kier molecular flexibility index (Phi) is 7.50. The third-order valence-corrected chi connectivity index (χ3v) is 5.51. The van der Waals surface area contributed by atoms with Gasteiger partial charge in [0.15, 0.2) is 17.4 Å². The van der Waals surface area contributed by atoms with Gasteiger partial charge >= 0.3 is 0 Å². The second-order valence-corrected chi connectivity index (χ2v) is 8.22. The maximum atomic E-state index is 14.1. The number of unbranched alkanes of at least 4 members (excludes halogenated alkanes) is 1. The van der Waals surface area contributed by atoms with Crippen molar-refractivity contribution in [2.24, 2.45) is 10.1 Å². The lowest BCUT2D eigenvalue weighted by molar-refractivity contribution is 0.305. The van der Waals surface area contributed by atoms with E-state index in [1.165, 1.54) is 12.1 Å². The van der Waals surface area contributed by atoms with Crippen molar-refractivity contribution in [3.8, 4) is 11.3 Å². The van der Waals surface area contributed by atoms with Crippen LogP contribution in [-0.2, 0) is 6.54 Å². The zero-order valence-corrected chi connectivity index (χ0v) is 19.8. The zero-order valence-electron chi connectivity index (χ0n) is 19.8. The van der Waals surface area contributed by atoms with E-state index in [1.807, 2.05) is 30.3 Å². The molecule has 0 bridgehead atoms. The molecule has 0 atom stereocenters. The molecule has 6 nitrogen and oxygen atoms in total. The molecule has 35 heavy (non-hydrogen) atoms. The van der Waals surface area contributed by atoms with E-state index in [4.69, 9.17) is 4.52 Å². The van der Waals surface area contributed by atoms with Gasteiger partial charge in [-0.05, 0) is 37.6 Å². The Labute approximate surface area is 203 Å². The maximum Gasteiger partial charge on any atom is 0.167 e. The fourth-order valence-corrected chi connectivity index (χ4v) is 3.53. The molecule has 0 spiro atoms. The fraction of sp³-hybridized carbons (Fsp3) is 0.222. The highest BCUT2D eigenvalue weighted by Gasteiger charge is 2.16. The van der Waals surface area contributed by atoms with Gasteiger partial charge in [-0.2, -0.15) is 5.10 Å². The maximum absolute atomic E-state index is 14.1. The predicted octanol–water partition coefficient (Wildman–Crippen LogP) is 6.54. The average Bonchev–Trinajstić information content (AvgIpc) is 3.32. The Hall–Kier alpha value is -4.07. The summed E-state index contributed by atoms with van der Waals surface area (Å²) >= 11 is 0. The Morgan fingerprint density at radius 2 is 1.97 bits per heavy atom. The molecule has 0 radical (unpaired) electrons. The molecular formula is C27H27F2N5O. The van der Waals surface area contributed by atoms with Crippen molar-refractivity contribution in [1.29, 1.82) is 0 Å². The first-order valence-corrected chi connectivity index (χ1v) is 11.5. The molecule has 0 saturated heterocycles. The van der Waals surface area contributed by atoms with Crippen molar-refractivity contribution in [3.63, 3.8) is 0 Å². The Morgan fingerprint density at radius 1 is 1.17 bits per heavy atom. The van der Waals surface area contributed by atoms with E-state index in [-0.39, 0.29) is 5.56 Å². The molecular weight excluding hydrogens is 448 g/mol. The second-order valence-electron chi connectivity index (χ2n) is 8.22. The van der Waals surface area contributed by atoms with E-state index in [1.54, 1.807) is 24.3 Å². The van der Waals surface area contributed by atoms with E-state index in [9.17, 15) is 8.78 Å². The zero-order chi connectivity index (χ0) is 24.8. The number of anilines is 1. The summed E-state index contributed by atoms with van der Waals surface area (Å²) in [5, 5.41) is 13.5. The van der Waals surface area contributed by atoms with Gasteiger partial charge in [0.25, 0.3) is 0 Å². The number of hydrogen-bond donors (Lipinski definition) is 1. The SMILES string of the molecule is C=C1C=NN(Cc2cc(-c3ccc(NCCCC)cc3)no2)C=C1N=C(C)c1cccc(F)c1F. The summed E-state index contributed by atoms with van der Waals surface area (Å²) in [7, 11) is 0. The van der Waals surface area contributed by atoms with Gasteiger partial charge in [-0.1, -0.05) is 43.3 Å². The van der Waals surface area contributed by atoms with E-state index >= 15 is 0 Å². The lowest BCUT2D eigenvalue weighted by Crippen LogP contribution is -2.15. The summed E-state index contributed by atoms with van der Waals surface area (Å²) in [6.07, 6.45) is 5.53. The van der Waals surface area contributed by atoms with Crippen LogP contribution >= 0.6 is 0 Å². The number of nitrogens with one attached hydrogen (secondary N) is 1. The molecule has 4 rings (SSSR count). The van der Waals surface area contributed by atoms with Crippen molar-refractivity contribution < 1.29 is 13.3 Å². The van der Waals surface area contributed by atoms with Crippen molar-refractivity contribution in [1.82, 2.24) is 10.2 Å². The lowest BCUT2D eigenvalue weighted by atomic mass is 10.1. The van der Waals surface area contributed by atoms with Gasteiger partial charge in [-0.15, -0.1) is 0 Å². The van der Waals surface area contributed by atoms with Gasteiger partial charge in [0.05, 0.1) is 18.1 Å². The molecule has 0 fully saturated rings. The van der Waals surface area contributed by atoms with Gasteiger partial charge in [0.1, 0.15) is 12.2 Å². The monoisotopic (exact) mass is 475 g/mol. The van der Waals surface area contributed by atoms with Crippen molar-refractivity contribution in [2.45, 2.75) is 33.2 Å². The van der Waals surface area contributed by atoms with Crippen LogP contribution in [0.5, 0.6) is 0 Å². The van der Waals surface area contributed by atoms with Crippen LogP contribution in [0.3, 0.4) is 0 Å². The Bertz CT molecular complexity index is 1290. The highest BCUT2D eigenvalue weighted by Crippen LogP contribution is 2.24. The molecule has 1 aliphatic heterocycles. The van der Waals surface area contributed by atoms with E-state index in [0.717, 1.165) is 42.4 Å². The summed E-state index contributed by atoms with van der Waals surface area (Å²) in [5.74, 6) is -1.23. The van der Waals surface area contributed by atoms with Crippen LogP contribution in [0.25, 0.3) is 11.3 Å². The smallest absolute Gasteiger partial charge is 0.167 e. The number of halogens is 2. The van der Waals surface area contributed by atoms with Gasteiger partial charge in [-0.3, -0.25) is 10.0 Å². The topological polar surface area (TPSA) is 66.0 Å². The van der Waals surface area contributed by atoms with Crippen molar-refractivity contribution >= 4 is 17.6 Å². The Balaban J connectivity index is 1.45. The minimum Gasteiger partial charge on any atom is -0.385 e. The van der Waals surface area contributed by atoms with Crippen LogP contribution in [0.15, 0.2) is 87.2 Å². The van der Waals surface area contributed by atoms with Crippen LogP contribution in [0, 0.1) is 11.6 Å². The minimum atomic E-state index is -0.930. The number of nitrogens with zero attached hydrogens (tertiary/aromatic N) is 4. The summed E-state index contributed by atoms with van der Waals surface area (Å²) in [6.45, 7) is 8.99. The molecule has 3 aromatic rings. The highest BCUT2D eigenvalue weighted by molar-refractivity contribution is 6.00. The summed E-state index contributed by atoms with van der Waals surface area (Å²) < 4.78 is 33.3. The summed E-state index contributed by atoms with van der Waals surface area (Å²) in [4.78, 5) is 4.46. The second kappa shape index (κ2) is 10.9. The molecule has 2 aromatic carbocycles. The molecule has 0 amide bonds. The number of allylic oxidation sites excluding steroid dienone is 1.